The summed E-state index contributed by atoms with van der Waals surface area (Å²) in [5, 5.41) is 0. The van der Waals surface area contributed by atoms with Crippen molar-refractivity contribution < 1.29 is 14.3 Å². The van der Waals surface area contributed by atoms with Gasteiger partial charge in [0.1, 0.15) is 5.54 Å². The Kier molecular flexibility index (Phi) is 4.29. The second kappa shape index (κ2) is 5.12. The molecule has 0 aromatic heterocycles. The van der Waals surface area contributed by atoms with E-state index in [0.29, 0.717) is 13.2 Å². The highest BCUT2D eigenvalue weighted by Crippen LogP contribution is 2.15. The molecule has 1 aliphatic heterocycles. The second-order valence-electron chi connectivity index (χ2n) is 4.83. The van der Waals surface area contributed by atoms with Gasteiger partial charge in [0.05, 0.1) is 19.8 Å². The van der Waals surface area contributed by atoms with Gasteiger partial charge in [0.2, 0.25) is 0 Å². The van der Waals surface area contributed by atoms with Gasteiger partial charge in [-0.2, -0.15) is 0 Å². The molecule has 0 radical (unpaired) electrons. The first kappa shape index (κ1) is 13.4. The number of carbonyl (C=O) groups is 1. The van der Waals surface area contributed by atoms with Crippen molar-refractivity contribution in [2.24, 2.45) is 5.73 Å². The molecule has 94 valence electrons. The minimum absolute atomic E-state index is 0.185. The van der Waals surface area contributed by atoms with Gasteiger partial charge in [-0.3, -0.25) is 9.69 Å². The van der Waals surface area contributed by atoms with E-state index in [9.17, 15) is 4.79 Å². The van der Waals surface area contributed by atoms with Crippen molar-refractivity contribution in [2.45, 2.75) is 38.5 Å². The van der Waals surface area contributed by atoms with Crippen LogP contribution in [0.3, 0.4) is 0 Å². The van der Waals surface area contributed by atoms with Crippen LogP contribution in [0, 0.1) is 0 Å². The normalized spacial score (nSPS) is 30.8. The van der Waals surface area contributed by atoms with E-state index in [4.69, 9.17) is 15.2 Å². The van der Waals surface area contributed by atoms with Crippen LogP contribution in [0.25, 0.3) is 0 Å². The first-order valence-corrected chi connectivity index (χ1v) is 5.59. The SMILES string of the molecule is COC(=O)C(C)(N)CN1CC(C)OCC1C. The van der Waals surface area contributed by atoms with E-state index in [1.54, 1.807) is 6.92 Å². The van der Waals surface area contributed by atoms with Gasteiger partial charge in [0, 0.05) is 19.1 Å². The van der Waals surface area contributed by atoms with Crippen molar-refractivity contribution in [3.63, 3.8) is 0 Å². The lowest BCUT2D eigenvalue weighted by atomic mass is 10.0. The molecule has 1 fully saturated rings. The Labute approximate surface area is 96.9 Å². The maximum atomic E-state index is 11.5. The van der Waals surface area contributed by atoms with Crippen LogP contribution in [0.5, 0.6) is 0 Å². The van der Waals surface area contributed by atoms with Crippen molar-refractivity contribution in [1.29, 1.82) is 0 Å². The van der Waals surface area contributed by atoms with Crippen LogP contribution in [0.1, 0.15) is 20.8 Å². The summed E-state index contributed by atoms with van der Waals surface area (Å²) in [5.41, 5.74) is 4.99. The van der Waals surface area contributed by atoms with Gasteiger partial charge in [0.25, 0.3) is 0 Å². The van der Waals surface area contributed by atoms with Crippen LogP contribution in [-0.2, 0) is 14.3 Å². The molecular weight excluding hydrogens is 208 g/mol. The molecular formula is C11H22N2O3. The highest BCUT2D eigenvalue weighted by atomic mass is 16.5. The number of ether oxygens (including phenoxy) is 2. The number of nitrogens with two attached hydrogens (primary N) is 1. The summed E-state index contributed by atoms with van der Waals surface area (Å²) < 4.78 is 10.2. The Morgan fingerprint density at radius 2 is 2.25 bits per heavy atom. The van der Waals surface area contributed by atoms with Gasteiger partial charge >= 0.3 is 5.97 Å². The fourth-order valence-electron chi connectivity index (χ4n) is 1.91. The predicted octanol–water partition coefficient (Wildman–Crippen LogP) is -0.0140. The van der Waals surface area contributed by atoms with Crippen LogP contribution in [0.2, 0.25) is 0 Å². The smallest absolute Gasteiger partial charge is 0.326 e. The summed E-state index contributed by atoms with van der Waals surface area (Å²) in [6.45, 7) is 7.76. The summed E-state index contributed by atoms with van der Waals surface area (Å²) in [6, 6.07) is 0.281. The topological polar surface area (TPSA) is 64.8 Å². The lowest BCUT2D eigenvalue weighted by Crippen LogP contribution is -2.59. The number of carbonyl (C=O) groups excluding carboxylic acids is 1. The monoisotopic (exact) mass is 230 g/mol. The van der Waals surface area contributed by atoms with Crippen molar-refractivity contribution in [3.05, 3.63) is 0 Å². The third-order valence-electron chi connectivity index (χ3n) is 2.92. The molecule has 1 heterocycles. The zero-order valence-corrected chi connectivity index (χ0v) is 10.5. The largest absolute Gasteiger partial charge is 0.468 e. The van der Waals surface area contributed by atoms with Crippen LogP contribution < -0.4 is 5.73 Å². The van der Waals surface area contributed by atoms with E-state index < -0.39 is 5.54 Å². The molecule has 5 nitrogen and oxygen atoms in total. The molecule has 1 rings (SSSR count). The summed E-state index contributed by atoms with van der Waals surface area (Å²) in [5.74, 6) is -0.376. The minimum Gasteiger partial charge on any atom is -0.468 e. The summed E-state index contributed by atoms with van der Waals surface area (Å²) >= 11 is 0. The average Bonchev–Trinajstić information content (AvgIpc) is 2.22. The zero-order chi connectivity index (χ0) is 12.3. The number of esters is 1. The third kappa shape index (κ3) is 3.17. The first-order valence-electron chi connectivity index (χ1n) is 5.59. The third-order valence-corrected chi connectivity index (χ3v) is 2.92. The molecule has 3 unspecified atom stereocenters. The lowest BCUT2D eigenvalue weighted by Gasteiger charge is -2.40. The Hall–Kier alpha value is -0.650. The highest BCUT2D eigenvalue weighted by molar-refractivity contribution is 5.80. The molecule has 0 saturated carbocycles. The fraction of sp³-hybridized carbons (Fsp3) is 0.909. The van der Waals surface area contributed by atoms with Crippen molar-refractivity contribution >= 4 is 5.97 Å². The molecule has 3 atom stereocenters. The Morgan fingerprint density at radius 1 is 1.62 bits per heavy atom. The molecule has 2 N–H and O–H groups in total. The van der Waals surface area contributed by atoms with Gasteiger partial charge in [0.15, 0.2) is 0 Å². The van der Waals surface area contributed by atoms with E-state index in [-0.39, 0.29) is 18.1 Å². The number of morpholine rings is 1. The van der Waals surface area contributed by atoms with Crippen LogP contribution in [0.15, 0.2) is 0 Å². The minimum atomic E-state index is -0.958. The number of nitrogens with zero attached hydrogens (tertiary/aromatic N) is 1. The maximum Gasteiger partial charge on any atom is 0.326 e. The number of hydrogen-bond acceptors (Lipinski definition) is 5. The van der Waals surface area contributed by atoms with Gasteiger partial charge < -0.3 is 15.2 Å². The molecule has 0 spiro atoms. The van der Waals surface area contributed by atoms with E-state index in [1.165, 1.54) is 7.11 Å². The summed E-state index contributed by atoms with van der Waals surface area (Å²) in [4.78, 5) is 13.7. The molecule has 0 aromatic rings. The quantitative estimate of drug-likeness (QED) is 0.691. The lowest BCUT2D eigenvalue weighted by molar-refractivity contribution is -0.148. The second-order valence-corrected chi connectivity index (χ2v) is 4.83. The first-order chi connectivity index (χ1) is 7.36. The predicted molar refractivity (Wildman–Crippen MR) is 61.1 cm³/mol. The van der Waals surface area contributed by atoms with Crippen molar-refractivity contribution in [1.82, 2.24) is 4.90 Å². The zero-order valence-electron chi connectivity index (χ0n) is 10.5. The van der Waals surface area contributed by atoms with E-state index in [1.807, 2.05) is 6.92 Å². The van der Waals surface area contributed by atoms with Crippen LogP contribution in [-0.4, -0.2) is 55.4 Å². The molecule has 0 bridgehead atoms. The molecule has 1 saturated heterocycles. The number of rotatable bonds is 3. The molecule has 0 amide bonds. The molecule has 1 aliphatic rings. The Bertz CT molecular complexity index is 256. The fourth-order valence-corrected chi connectivity index (χ4v) is 1.91. The van der Waals surface area contributed by atoms with Crippen molar-refractivity contribution in [3.8, 4) is 0 Å². The van der Waals surface area contributed by atoms with Gasteiger partial charge in [-0.05, 0) is 20.8 Å². The van der Waals surface area contributed by atoms with Gasteiger partial charge in [-0.25, -0.2) is 0 Å². The highest BCUT2D eigenvalue weighted by Gasteiger charge is 2.35. The molecule has 16 heavy (non-hydrogen) atoms. The van der Waals surface area contributed by atoms with E-state index in [2.05, 4.69) is 11.8 Å². The van der Waals surface area contributed by atoms with E-state index >= 15 is 0 Å². The number of hydrogen-bond donors (Lipinski definition) is 1. The number of methoxy groups -OCH3 is 1. The summed E-state index contributed by atoms with van der Waals surface area (Å²) in [7, 11) is 1.36. The standard InChI is InChI=1S/C11H22N2O3/c1-8-6-16-9(2)5-13(8)7-11(3,12)10(14)15-4/h8-9H,5-7,12H2,1-4H3. The Morgan fingerprint density at radius 3 is 2.81 bits per heavy atom. The van der Waals surface area contributed by atoms with Crippen LogP contribution >= 0.6 is 0 Å². The van der Waals surface area contributed by atoms with E-state index in [0.717, 1.165) is 6.54 Å². The van der Waals surface area contributed by atoms with Crippen molar-refractivity contribution in [2.75, 3.05) is 26.8 Å². The molecule has 5 heteroatoms. The van der Waals surface area contributed by atoms with Crippen LogP contribution in [0.4, 0.5) is 0 Å². The maximum absolute atomic E-state index is 11.5. The summed E-state index contributed by atoms with van der Waals surface area (Å²) in [6.07, 6.45) is 0.185. The van der Waals surface area contributed by atoms with Gasteiger partial charge in [-0.1, -0.05) is 0 Å². The Balaban J connectivity index is 2.60. The van der Waals surface area contributed by atoms with Gasteiger partial charge in [-0.15, -0.1) is 0 Å². The average molecular weight is 230 g/mol. The molecule has 0 aliphatic carbocycles. The molecule has 0 aromatic carbocycles.